The topological polar surface area (TPSA) is 87.7 Å². The molecular formula is C9H14N2O3. The van der Waals surface area contributed by atoms with E-state index in [1.807, 2.05) is 0 Å². The molecule has 1 aromatic carbocycles. The molecule has 1 aromatic rings. The van der Waals surface area contributed by atoms with Crippen molar-refractivity contribution in [3.63, 3.8) is 0 Å². The molecule has 0 bridgehead atoms. The van der Waals surface area contributed by atoms with Crippen LogP contribution in [0.15, 0.2) is 18.2 Å². The molecule has 0 aromatic heterocycles. The third kappa shape index (κ3) is 3.12. The lowest BCUT2D eigenvalue weighted by molar-refractivity contribution is 0.180. The number of aliphatic hydroxyl groups is 1. The van der Waals surface area contributed by atoms with Crippen molar-refractivity contribution in [3.05, 3.63) is 18.2 Å². The number of aliphatic hydroxyl groups excluding tert-OH is 1. The number of rotatable bonds is 5. The smallest absolute Gasteiger partial charge is 0.150 e. The Balaban J connectivity index is 2.39. The summed E-state index contributed by atoms with van der Waals surface area (Å²) in [6.07, 6.45) is 0.612. The van der Waals surface area contributed by atoms with Gasteiger partial charge in [-0.15, -0.1) is 0 Å². The second kappa shape index (κ2) is 5.31. The van der Waals surface area contributed by atoms with Gasteiger partial charge in [0.05, 0.1) is 5.69 Å². The maximum Gasteiger partial charge on any atom is 0.150 e. The van der Waals surface area contributed by atoms with E-state index in [2.05, 4.69) is 5.48 Å². The second-order valence-corrected chi connectivity index (χ2v) is 2.79. The minimum atomic E-state index is -0.00791. The summed E-state index contributed by atoms with van der Waals surface area (Å²) in [7, 11) is 0. The average Bonchev–Trinajstić information content (AvgIpc) is 2.18. The molecule has 0 aliphatic heterocycles. The highest BCUT2D eigenvalue weighted by atomic mass is 16.6. The van der Waals surface area contributed by atoms with Crippen molar-refractivity contribution in [2.75, 3.05) is 18.9 Å². The van der Waals surface area contributed by atoms with Gasteiger partial charge in [0.2, 0.25) is 0 Å². The molecule has 78 valence electrons. The summed E-state index contributed by atoms with van der Waals surface area (Å²) in [5.41, 5.74) is 8.36. The van der Waals surface area contributed by atoms with Gasteiger partial charge in [-0.1, -0.05) is 0 Å². The van der Waals surface area contributed by atoms with Gasteiger partial charge >= 0.3 is 0 Å². The van der Waals surface area contributed by atoms with Crippen molar-refractivity contribution in [2.45, 2.75) is 6.42 Å². The third-order valence-corrected chi connectivity index (χ3v) is 1.63. The summed E-state index contributed by atoms with van der Waals surface area (Å²) in [4.78, 5) is 5.07. The van der Waals surface area contributed by atoms with Crippen molar-refractivity contribution in [3.8, 4) is 11.5 Å². The number of hydrogen-bond donors (Lipinski definition) is 4. The van der Waals surface area contributed by atoms with E-state index in [4.69, 9.17) is 15.7 Å². The fourth-order valence-corrected chi connectivity index (χ4v) is 0.873. The lowest BCUT2D eigenvalue weighted by Crippen LogP contribution is -2.20. The van der Waals surface area contributed by atoms with Crippen molar-refractivity contribution in [2.24, 2.45) is 0 Å². The quantitative estimate of drug-likeness (QED) is 0.235. The zero-order valence-corrected chi connectivity index (χ0v) is 7.73. The Labute approximate surface area is 82.1 Å². The fraction of sp³-hybridized carbons (Fsp3) is 0.333. The van der Waals surface area contributed by atoms with E-state index >= 15 is 0 Å². The van der Waals surface area contributed by atoms with Gasteiger partial charge in [0, 0.05) is 19.2 Å². The van der Waals surface area contributed by atoms with Gasteiger partial charge in [0.25, 0.3) is 0 Å². The number of phenolic OH excluding ortho intramolecular Hbond substituents is 1. The Hall–Kier alpha value is -1.46. The number of hydroxylamine groups is 1. The Morgan fingerprint density at radius 2 is 2.21 bits per heavy atom. The SMILES string of the molecule is Nc1ccc(ONCCCO)cc1O. The number of nitrogen functional groups attached to an aromatic ring is 1. The minimum Gasteiger partial charge on any atom is -0.506 e. The first-order valence-electron chi connectivity index (χ1n) is 4.33. The predicted molar refractivity (Wildman–Crippen MR) is 52.9 cm³/mol. The number of aromatic hydroxyl groups is 1. The maximum absolute atomic E-state index is 9.23. The van der Waals surface area contributed by atoms with Crippen LogP contribution in [0.4, 0.5) is 5.69 Å². The highest BCUT2D eigenvalue weighted by Crippen LogP contribution is 2.24. The number of nitrogens with one attached hydrogen (secondary N) is 1. The van der Waals surface area contributed by atoms with Gasteiger partial charge in [-0.25, -0.2) is 0 Å². The molecule has 0 saturated carbocycles. The Morgan fingerprint density at radius 3 is 2.86 bits per heavy atom. The first-order chi connectivity index (χ1) is 6.74. The summed E-state index contributed by atoms with van der Waals surface area (Å²) in [5.74, 6) is 0.473. The van der Waals surface area contributed by atoms with Crippen LogP contribution in [-0.2, 0) is 0 Å². The second-order valence-electron chi connectivity index (χ2n) is 2.79. The van der Waals surface area contributed by atoms with E-state index in [9.17, 15) is 5.11 Å². The normalized spacial score (nSPS) is 10.1. The van der Waals surface area contributed by atoms with Gasteiger partial charge in [0.1, 0.15) is 5.75 Å². The largest absolute Gasteiger partial charge is 0.506 e. The molecule has 0 aliphatic rings. The molecule has 0 radical (unpaired) electrons. The van der Waals surface area contributed by atoms with E-state index in [1.54, 1.807) is 12.1 Å². The highest BCUT2D eigenvalue weighted by Gasteiger charge is 1.99. The first kappa shape index (κ1) is 10.6. The zero-order chi connectivity index (χ0) is 10.4. The minimum absolute atomic E-state index is 0.00791. The van der Waals surface area contributed by atoms with Crippen LogP contribution in [0.5, 0.6) is 11.5 Å². The summed E-state index contributed by atoms with van der Waals surface area (Å²) in [6.45, 7) is 0.658. The van der Waals surface area contributed by atoms with E-state index in [-0.39, 0.29) is 12.4 Å². The average molecular weight is 198 g/mol. The van der Waals surface area contributed by atoms with Crippen LogP contribution < -0.4 is 16.1 Å². The summed E-state index contributed by atoms with van der Waals surface area (Å²) < 4.78 is 0. The van der Waals surface area contributed by atoms with Crippen molar-refractivity contribution in [1.29, 1.82) is 0 Å². The highest BCUT2D eigenvalue weighted by molar-refractivity contribution is 5.54. The van der Waals surface area contributed by atoms with Crippen LogP contribution in [0.2, 0.25) is 0 Å². The van der Waals surface area contributed by atoms with Crippen LogP contribution >= 0.6 is 0 Å². The molecule has 5 N–H and O–H groups in total. The van der Waals surface area contributed by atoms with Crippen molar-refractivity contribution in [1.82, 2.24) is 5.48 Å². The molecule has 0 amide bonds. The standard InChI is InChI=1S/C9H14N2O3/c10-8-3-2-7(6-9(8)13)14-11-4-1-5-12/h2-3,6,11-13H,1,4-5,10H2. The number of anilines is 1. The van der Waals surface area contributed by atoms with Gasteiger partial charge < -0.3 is 20.8 Å². The van der Waals surface area contributed by atoms with E-state index in [0.29, 0.717) is 24.4 Å². The molecule has 0 atom stereocenters. The van der Waals surface area contributed by atoms with Gasteiger partial charge in [-0.2, -0.15) is 5.48 Å². The predicted octanol–water partition coefficient (Wildman–Crippen LogP) is 0.240. The summed E-state index contributed by atoms with van der Waals surface area (Å²) >= 11 is 0. The van der Waals surface area contributed by atoms with Gasteiger partial charge in [0.15, 0.2) is 5.75 Å². The van der Waals surface area contributed by atoms with Crippen LogP contribution in [0, 0.1) is 0 Å². The maximum atomic E-state index is 9.23. The van der Waals surface area contributed by atoms with Crippen LogP contribution in [-0.4, -0.2) is 23.4 Å². The summed E-state index contributed by atoms with van der Waals surface area (Å²) in [6, 6.07) is 4.61. The van der Waals surface area contributed by atoms with Crippen LogP contribution in [0.1, 0.15) is 6.42 Å². The number of benzene rings is 1. The zero-order valence-electron chi connectivity index (χ0n) is 7.73. The lowest BCUT2D eigenvalue weighted by atomic mass is 10.3. The molecule has 0 saturated heterocycles. The van der Waals surface area contributed by atoms with E-state index in [0.717, 1.165) is 0 Å². The number of phenols is 1. The Bertz CT molecular complexity index is 291. The van der Waals surface area contributed by atoms with Gasteiger partial charge in [-0.05, 0) is 18.6 Å². The molecule has 5 nitrogen and oxygen atoms in total. The molecule has 0 heterocycles. The summed E-state index contributed by atoms with van der Waals surface area (Å²) in [5, 5.41) is 17.7. The molecule has 5 heteroatoms. The molecule has 0 fully saturated rings. The van der Waals surface area contributed by atoms with E-state index < -0.39 is 0 Å². The number of hydrogen-bond acceptors (Lipinski definition) is 5. The molecule has 0 aliphatic carbocycles. The Kier molecular flexibility index (Phi) is 4.03. The first-order valence-corrected chi connectivity index (χ1v) is 4.33. The molecule has 14 heavy (non-hydrogen) atoms. The van der Waals surface area contributed by atoms with Crippen LogP contribution in [0.25, 0.3) is 0 Å². The Morgan fingerprint density at radius 1 is 1.43 bits per heavy atom. The van der Waals surface area contributed by atoms with E-state index in [1.165, 1.54) is 6.07 Å². The van der Waals surface area contributed by atoms with Crippen molar-refractivity contribution >= 4 is 5.69 Å². The lowest BCUT2D eigenvalue weighted by Gasteiger charge is -2.07. The monoisotopic (exact) mass is 198 g/mol. The molecule has 1 rings (SSSR count). The fourth-order valence-electron chi connectivity index (χ4n) is 0.873. The van der Waals surface area contributed by atoms with Crippen LogP contribution in [0.3, 0.4) is 0 Å². The van der Waals surface area contributed by atoms with Crippen molar-refractivity contribution < 1.29 is 15.1 Å². The molecule has 0 spiro atoms. The molecule has 0 unspecified atom stereocenters. The number of nitrogens with two attached hydrogens (primary N) is 1. The molecular weight excluding hydrogens is 184 g/mol. The van der Waals surface area contributed by atoms with Gasteiger partial charge in [-0.3, -0.25) is 0 Å². The third-order valence-electron chi connectivity index (χ3n) is 1.63.